The number of amides is 4. The maximum atomic E-state index is 12.3. The summed E-state index contributed by atoms with van der Waals surface area (Å²) in [4.78, 5) is 71.7. The molecule has 0 spiro atoms. The summed E-state index contributed by atoms with van der Waals surface area (Å²) >= 11 is 0. The SMILES string of the molecule is CCNNC(CCCCNC(=O)COCCOCCNC(=O)COCCOCCNC(=O)CCC(NC(=O)CCCCCCCCCCCCCCCCCO)C(=O)O)C(C)=O. The van der Waals surface area contributed by atoms with E-state index < -0.39 is 12.0 Å². The molecule has 0 aromatic carbocycles. The molecule has 0 aromatic rings. The summed E-state index contributed by atoms with van der Waals surface area (Å²) in [6, 6.07) is -1.37. The van der Waals surface area contributed by atoms with Crippen LogP contribution in [0.2, 0.25) is 0 Å². The lowest BCUT2D eigenvalue weighted by Gasteiger charge is -2.15. The topological polar surface area (TPSA) is 252 Å². The number of hydrogen-bond acceptors (Lipinski definition) is 13. The van der Waals surface area contributed by atoms with Crippen LogP contribution in [0.25, 0.3) is 0 Å². The largest absolute Gasteiger partial charge is 0.480 e. The zero-order valence-corrected chi connectivity index (χ0v) is 38.2. The second kappa shape index (κ2) is 44.4. The predicted octanol–water partition coefficient (Wildman–Crippen LogP) is 3.23. The zero-order valence-electron chi connectivity index (χ0n) is 38.2. The molecule has 0 heterocycles. The van der Waals surface area contributed by atoms with Crippen LogP contribution >= 0.6 is 0 Å². The summed E-state index contributed by atoms with van der Waals surface area (Å²) in [6.45, 7) is 6.63. The first-order valence-electron chi connectivity index (χ1n) is 23.3. The molecule has 0 aliphatic carbocycles. The minimum Gasteiger partial charge on any atom is -0.480 e. The molecule has 0 aliphatic heterocycles. The molecule has 18 heteroatoms. The molecule has 0 saturated heterocycles. The van der Waals surface area contributed by atoms with Crippen molar-refractivity contribution < 1.29 is 57.9 Å². The third kappa shape index (κ3) is 40.8. The molecule has 0 fully saturated rings. The highest BCUT2D eigenvalue weighted by molar-refractivity contribution is 5.84. The molecule has 8 N–H and O–H groups in total. The van der Waals surface area contributed by atoms with Crippen LogP contribution in [-0.4, -0.2) is 143 Å². The van der Waals surface area contributed by atoms with E-state index in [1.54, 1.807) is 6.92 Å². The van der Waals surface area contributed by atoms with Crippen molar-refractivity contribution in [1.29, 1.82) is 0 Å². The Kier molecular flexibility index (Phi) is 42.0. The van der Waals surface area contributed by atoms with Crippen LogP contribution in [0, 0.1) is 0 Å². The minimum atomic E-state index is -1.17. The Bertz CT molecular complexity index is 1150. The number of nitrogens with one attached hydrogen (secondary N) is 6. The Labute approximate surface area is 371 Å². The van der Waals surface area contributed by atoms with Crippen LogP contribution in [0.15, 0.2) is 0 Å². The Balaban J connectivity index is 3.66. The van der Waals surface area contributed by atoms with Crippen molar-refractivity contribution in [2.24, 2.45) is 0 Å². The van der Waals surface area contributed by atoms with E-state index in [1.165, 1.54) is 57.8 Å². The Morgan fingerprint density at radius 2 is 0.952 bits per heavy atom. The highest BCUT2D eigenvalue weighted by Gasteiger charge is 2.21. The molecule has 0 radical (unpaired) electrons. The summed E-state index contributed by atoms with van der Waals surface area (Å²) in [5, 5.41) is 29.0. The first-order valence-corrected chi connectivity index (χ1v) is 23.3. The fourth-order valence-corrected chi connectivity index (χ4v) is 6.28. The average Bonchev–Trinajstić information content (AvgIpc) is 3.24. The first-order chi connectivity index (χ1) is 30.1. The number of hydrogen-bond donors (Lipinski definition) is 8. The second-order valence-electron chi connectivity index (χ2n) is 15.5. The molecular formula is C44H84N6O12. The van der Waals surface area contributed by atoms with Gasteiger partial charge >= 0.3 is 5.97 Å². The monoisotopic (exact) mass is 889 g/mol. The van der Waals surface area contributed by atoms with Gasteiger partial charge in [-0.05, 0) is 45.4 Å². The van der Waals surface area contributed by atoms with Crippen LogP contribution < -0.4 is 32.1 Å². The number of ether oxygens (including phenoxy) is 4. The molecular weight excluding hydrogens is 805 g/mol. The lowest BCUT2D eigenvalue weighted by atomic mass is 10.0. The number of carbonyl (C=O) groups is 6. The molecule has 0 rings (SSSR count). The van der Waals surface area contributed by atoms with E-state index >= 15 is 0 Å². The fraction of sp³-hybridized carbons (Fsp3) is 0.864. The standard InChI is InChI=1S/C44H84N6O12/c1-3-48-50-38(37(2)52)21-18-19-25-45-42(55)35-61-33-32-60-30-27-47-43(56)36-62-34-31-59-29-26-46-40(53)24-23-39(44(57)58)49-41(54)22-17-15-13-11-9-7-5-4-6-8-10-12-14-16-20-28-51/h38-39,48,50-51H,3-36H2,1-2H3,(H,45,55)(H,46,53)(H,47,56)(H,49,54)(H,57,58). The molecule has 18 nitrogen and oxygen atoms in total. The number of carboxylic acids is 1. The van der Waals surface area contributed by atoms with Crippen molar-refractivity contribution in [1.82, 2.24) is 32.1 Å². The summed E-state index contributed by atoms with van der Waals surface area (Å²) < 4.78 is 21.4. The van der Waals surface area contributed by atoms with Gasteiger partial charge in [-0.3, -0.25) is 29.4 Å². The second-order valence-corrected chi connectivity index (χ2v) is 15.5. The first kappa shape index (κ1) is 58.7. The molecule has 62 heavy (non-hydrogen) atoms. The third-order valence-electron chi connectivity index (χ3n) is 9.89. The quantitative estimate of drug-likeness (QED) is 0.0323. The van der Waals surface area contributed by atoms with Gasteiger partial charge in [0.15, 0.2) is 0 Å². The van der Waals surface area contributed by atoms with Crippen LogP contribution in [0.1, 0.15) is 149 Å². The van der Waals surface area contributed by atoms with Crippen molar-refractivity contribution in [3.05, 3.63) is 0 Å². The summed E-state index contributed by atoms with van der Waals surface area (Å²) in [5.74, 6) is -2.30. The number of ketones is 1. The van der Waals surface area contributed by atoms with Crippen LogP contribution in [-0.2, 0) is 47.7 Å². The third-order valence-corrected chi connectivity index (χ3v) is 9.89. The number of Topliss-reactive ketones (excluding diaryl/α,β-unsaturated/α-hetero) is 1. The zero-order chi connectivity index (χ0) is 45.7. The molecule has 0 aromatic heterocycles. The fourth-order valence-electron chi connectivity index (χ4n) is 6.28. The Morgan fingerprint density at radius 3 is 1.44 bits per heavy atom. The van der Waals surface area contributed by atoms with Gasteiger partial charge in [0.1, 0.15) is 25.0 Å². The van der Waals surface area contributed by atoms with Gasteiger partial charge in [0.25, 0.3) is 0 Å². The highest BCUT2D eigenvalue weighted by atomic mass is 16.5. The normalized spacial score (nSPS) is 12.1. The van der Waals surface area contributed by atoms with Crippen molar-refractivity contribution in [3.8, 4) is 0 Å². The molecule has 4 amide bonds. The number of carboxylic acid groups (broad SMARTS) is 1. The number of unbranched alkanes of at least 4 members (excludes halogenated alkanes) is 15. The van der Waals surface area contributed by atoms with Crippen molar-refractivity contribution in [2.75, 3.05) is 85.6 Å². The smallest absolute Gasteiger partial charge is 0.326 e. The van der Waals surface area contributed by atoms with Gasteiger partial charge in [0.05, 0.1) is 45.7 Å². The van der Waals surface area contributed by atoms with E-state index in [9.17, 15) is 33.9 Å². The molecule has 0 bridgehead atoms. The highest BCUT2D eigenvalue weighted by Crippen LogP contribution is 2.14. The van der Waals surface area contributed by atoms with E-state index in [0.717, 1.165) is 51.5 Å². The van der Waals surface area contributed by atoms with Gasteiger partial charge in [-0.1, -0.05) is 90.4 Å². The Hall–Kier alpha value is -3.26. The molecule has 2 atom stereocenters. The number of aliphatic hydroxyl groups excluding tert-OH is 1. The van der Waals surface area contributed by atoms with Crippen molar-refractivity contribution in [3.63, 3.8) is 0 Å². The van der Waals surface area contributed by atoms with Gasteiger partial charge in [0.2, 0.25) is 23.6 Å². The number of aliphatic hydroxyl groups is 1. The average molecular weight is 889 g/mol. The predicted molar refractivity (Wildman–Crippen MR) is 237 cm³/mol. The number of carbonyl (C=O) groups excluding carboxylic acids is 5. The minimum absolute atomic E-state index is 0.0151. The molecule has 0 aliphatic rings. The summed E-state index contributed by atoms with van der Waals surface area (Å²) in [5.41, 5.74) is 5.95. The summed E-state index contributed by atoms with van der Waals surface area (Å²) in [6.07, 6.45) is 19.7. The van der Waals surface area contributed by atoms with Crippen molar-refractivity contribution >= 4 is 35.4 Å². The van der Waals surface area contributed by atoms with Gasteiger partial charge in [0, 0.05) is 45.6 Å². The lowest BCUT2D eigenvalue weighted by molar-refractivity contribution is -0.142. The van der Waals surface area contributed by atoms with Gasteiger partial charge in [-0.2, -0.15) is 0 Å². The maximum absolute atomic E-state index is 12.3. The Morgan fingerprint density at radius 1 is 0.484 bits per heavy atom. The number of aliphatic carboxylic acids is 1. The summed E-state index contributed by atoms with van der Waals surface area (Å²) in [7, 11) is 0. The van der Waals surface area contributed by atoms with Crippen LogP contribution in [0.5, 0.6) is 0 Å². The van der Waals surface area contributed by atoms with Crippen molar-refractivity contribution in [2.45, 2.75) is 161 Å². The maximum Gasteiger partial charge on any atom is 0.326 e. The van der Waals surface area contributed by atoms with Crippen LogP contribution in [0.3, 0.4) is 0 Å². The van der Waals surface area contributed by atoms with Gasteiger partial charge < -0.3 is 50.4 Å². The number of rotatable bonds is 47. The van der Waals surface area contributed by atoms with E-state index in [0.29, 0.717) is 26.0 Å². The van der Waals surface area contributed by atoms with E-state index in [2.05, 4.69) is 32.1 Å². The van der Waals surface area contributed by atoms with Gasteiger partial charge in [-0.15, -0.1) is 0 Å². The molecule has 0 saturated carbocycles. The lowest BCUT2D eigenvalue weighted by Crippen LogP contribution is -2.44. The van der Waals surface area contributed by atoms with E-state index in [1.807, 2.05) is 6.92 Å². The molecule has 362 valence electrons. The van der Waals surface area contributed by atoms with E-state index in [-0.39, 0.29) is 121 Å². The van der Waals surface area contributed by atoms with E-state index in [4.69, 9.17) is 24.1 Å². The number of hydrazine groups is 1. The van der Waals surface area contributed by atoms with Gasteiger partial charge in [-0.25, -0.2) is 10.2 Å². The molecule has 2 unspecified atom stereocenters. The van der Waals surface area contributed by atoms with Crippen LogP contribution in [0.4, 0.5) is 0 Å².